The minimum atomic E-state index is -0.221. The summed E-state index contributed by atoms with van der Waals surface area (Å²) in [5.74, 6) is 0.479. The number of oxazole rings is 1. The van der Waals surface area contributed by atoms with Crippen molar-refractivity contribution in [2.24, 2.45) is 0 Å². The molecule has 0 bridgehead atoms. The zero-order valence-electron chi connectivity index (χ0n) is 13.5. The van der Waals surface area contributed by atoms with Gasteiger partial charge in [-0.25, -0.2) is 4.98 Å². The van der Waals surface area contributed by atoms with Crippen LogP contribution in [0.3, 0.4) is 0 Å². The van der Waals surface area contributed by atoms with E-state index in [1.165, 1.54) is 6.92 Å². The molecule has 6 nitrogen and oxygen atoms in total. The van der Waals surface area contributed by atoms with E-state index in [1.54, 1.807) is 23.6 Å². The second kappa shape index (κ2) is 5.87. The Morgan fingerprint density at radius 3 is 2.26 bits per heavy atom. The maximum absolute atomic E-state index is 12.9. The van der Waals surface area contributed by atoms with E-state index < -0.39 is 0 Å². The summed E-state index contributed by atoms with van der Waals surface area (Å²) in [6, 6.07) is 7.45. The van der Waals surface area contributed by atoms with Crippen molar-refractivity contribution in [3.8, 4) is 0 Å². The van der Waals surface area contributed by atoms with Crippen LogP contribution in [-0.4, -0.2) is 29.9 Å². The van der Waals surface area contributed by atoms with E-state index in [2.05, 4.69) is 4.98 Å². The molecule has 1 aromatic heterocycles. The number of anilines is 2. The fourth-order valence-electron chi connectivity index (χ4n) is 2.94. The van der Waals surface area contributed by atoms with Crippen LogP contribution in [0.5, 0.6) is 0 Å². The summed E-state index contributed by atoms with van der Waals surface area (Å²) in [5, 5.41) is 0. The molecule has 0 N–H and O–H groups in total. The van der Waals surface area contributed by atoms with E-state index in [0.29, 0.717) is 31.1 Å². The molecule has 120 valence electrons. The number of nitrogens with zero attached hydrogens (tertiary/aromatic N) is 3. The van der Waals surface area contributed by atoms with Crippen molar-refractivity contribution in [3.63, 3.8) is 0 Å². The minimum Gasteiger partial charge on any atom is -0.436 e. The van der Waals surface area contributed by atoms with Crippen molar-refractivity contribution in [3.05, 3.63) is 41.6 Å². The van der Waals surface area contributed by atoms with Crippen LogP contribution in [0.15, 0.2) is 28.7 Å². The first-order chi connectivity index (χ1) is 11.0. The number of aryl methyl sites for hydroxylation is 2. The Morgan fingerprint density at radius 2 is 1.70 bits per heavy atom. The minimum absolute atomic E-state index is 0.0292. The lowest BCUT2D eigenvalue weighted by molar-refractivity contribution is -0.116. The lowest BCUT2D eigenvalue weighted by Crippen LogP contribution is -2.31. The summed E-state index contributed by atoms with van der Waals surface area (Å²) < 4.78 is 5.48. The number of carbonyl (C=O) groups excluding carboxylic acids is 2. The Labute approximate surface area is 134 Å². The first-order valence-corrected chi connectivity index (χ1v) is 7.62. The van der Waals surface area contributed by atoms with Gasteiger partial charge in [0.15, 0.2) is 5.89 Å². The quantitative estimate of drug-likeness (QED) is 0.812. The molecule has 1 aliphatic heterocycles. The predicted molar refractivity (Wildman–Crippen MR) is 86.7 cm³/mol. The largest absolute Gasteiger partial charge is 0.436 e. The molecule has 0 aliphatic carbocycles. The fraction of sp³-hybridized carbons (Fsp3) is 0.353. The van der Waals surface area contributed by atoms with Gasteiger partial charge < -0.3 is 14.2 Å². The number of hydrogen-bond donors (Lipinski definition) is 0. The number of carbonyl (C=O) groups is 2. The van der Waals surface area contributed by atoms with E-state index in [9.17, 15) is 9.59 Å². The summed E-state index contributed by atoms with van der Waals surface area (Å²) >= 11 is 0. The van der Waals surface area contributed by atoms with Gasteiger partial charge in [0.1, 0.15) is 0 Å². The maximum atomic E-state index is 12.9. The van der Waals surface area contributed by atoms with Crippen LogP contribution in [0, 0.1) is 13.8 Å². The normalized spacial score (nSPS) is 14.4. The van der Waals surface area contributed by atoms with Crippen LogP contribution in [-0.2, 0) is 4.79 Å². The van der Waals surface area contributed by atoms with Crippen LogP contribution >= 0.6 is 0 Å². The standard InChI is InChI=1S/C17H19N3O3/c1-11-16(23-12(2)18-11)17(22)20-10-6-9-19(13(3)21)14-7-4-5-8-15(14)20/h4-5,7-8H,6,9-10H2,1-3H3. The van der Waals surface area contributed by atoms with Gasteiger partial charge in [0, 0.05) is 26.9 Å². The molecule has 2 heterocycles. The molecule has 23 heavy (non-hydrogen) atoms. The Hall–Kier alpha value is -2.63. The van der Waals surface area contributed by atoms with E-state index in [-0.39, 0.29) is 17.6 Å². The Kier molecular flexibility index (Phi) is 3.90. The zero-order valence-corrected chi connectivity index (χ0v) is 13.5. The third kappa shape index (κ3) is 2.72. The van der Waals surface area contributed by atoms with Crippen LogP contribution in [0.2, 0.25) is 0 Å². The number of benzene rings is 1. The smallest absolute Gasteiger partial charge is 0.296 e. The van der Waals surface area contributed by atoms with Gasteiger partial charge in [-0.3, -0.25) is 9.59 Å². The number of amides is 2. The topological polar surface area (TPSA) is 66.7 Å². The van der Waals surface area contributed by atoms with Crippen molar-refractivity contribution in [2.45, 2.75) is 27.2 Å². The van der Waals surface area contributed by atoms with Gasteiger partial charge in [0.25, 0.3) is 5.91 Å². The van der Waals surface area contributed by atoms with Gasteiger partial charge in [-0.1, -0.05) is 12.1 Å². The lowest BCUT2D eigenvalue weighted by Gasteiger charge is -2.24. The summed E-state index contributed by atoms with van der Waals surface area (Å²) in [6.07, 6.45) is 0.701. The number of para-hydroxylation sites is 2. The third-order valence-corrected chi connectivity index (χ3v) is 3.95. The molecule has 0 fully saturated rings. The number of rotatable bonds is 1. The average molecular weight is 313 g/mol. The summed E-state index contributed by atoms with van der Waals surface area (Å²) in [6.45, 7) is 6.13. The van der Waals surface area contributed by atoms with Crippen LogP contribution < -0.4 is 9.80 Å². The van der Waals surface area contributed by atoms with Gasteiger partial charge in [-0.05, 0) is 25.5 Å². The highest BCUT2D eigenvalue weighted by atomic mass is 16.4. The van der Waals surface area contributed by atoms with Crippen molar-refractivity contribution < 1.29 is 14.0 Å². The van der Waals surface area contributed by atoms with E-state index >= 15 is 0 Å². The number of fused-ring (bicyclic) bond motifs is 1. The second-order valence-electron chi connectivity index (χ2n) is 5.62. The van der Waals surface area contributed by atoms with Crippen molar-refractivity contribution >= 4 is 23.2 Å². The van der Waals surface area contributed by atoms with Gasteiger partial charge in [-0.15, -0.1) is 0 Å². The van der Waals surface area contributed by atoms with Crippen LogP contribution in [0.25, 0.3) is 0 Å². The molecule has 0 saturated heterocycles. The molecule has 2 aromatic rings. The third-order valence-electron chi connectivity index (χ3n) is 3.95. The Balaban J connectivity index is 2.05. The first-order valence-electron chi connectivity index (χ1n) is 7.62. The van der Waals surface area contributed by atoms with Crippen LogP contribution in [0.1, 0.15) is 35.5 Å². The second-order valence-corrected chi connectivity index (χ2v) is 5.62. The summed E-state index contributed by atoms with van der Waals surface area (Å²) in [7, 11) is 0. The van der Waals surface area contributed by atoms with Crippen molar-refractivity contribution in [1.29, 1.82) is 0 Å². The molecule has 0 radical (unpaired) electrons. The molecule has 3 rings (SSSR count). The number of aromatic nitrogens is 1. The Bertz CT molecular complexity index is 766. The highest BCUT2D eigenvalue weighted by Crippen LogP contribution is 2.33. The molecule has 0 spiro atoms. The fourth-order valence-corrected chi connectivity index (χ4v) is 2.94. The van der Waals surface area contributed by atoms with E-state index in [0.717, 1.165) is 11.4 Å². The zero-order chi connectivity index (χ0) is 16.6. The summed E-state index contributed by atoms with van der Waals surface area (Å²) in [5.41, 5.74) is 2.05. The molecule has 0 saturated carbocycles. The SMILES string of the molecule is CC(=O)N1CCCN(C(=O)c2oc(C)nc2C)c2ccccc21. The predicted octanol–water partition coefficient (Wildman–Crippen LogP) is 2.69. The maximum Gasteiger partial charge on any atom is 0.296 e. The van der Waals surface area contributed by atoms with Crippen LogP contribution in [0.4, 0.5) is 11.4 Å². The molecule has 0 atom stereocenters. The van der Waals surface area contributed by atoms with Crippen molar-refractivity contribution in [1.82, 2.24) is 4.98 Å². The molecule has 2 amide bonds. The lowest BCUT2D eigenvalue weighted by atomic mass is 10.2. The van der Waals surface area contributed by atoms with E-state index in [4.69, 9.17) is 4.42 Å². The number of hydrogen-bond acceptors (Lipinski definition) is 4. The van der Waals surface area contributed by atoms with Crippen molar-refractivity contribution in [2.75, 3.05) is 22.9 Å². The molecule has 1 aliphatic rings. The highest BCUT2D eigenvalue weighted by Gasteiger charge is 2.29. The van der Waals surface area contributed by atoms with Gasteiger partial charge in [-0.2, -0.15) is 0 Å². The molecular formula is C17H19N3O3. The molecule has 1 aromatic carbocycles. The summed E-state index contributed by atoms with van der Waals surface area (Å²) in [4.78, 5) is 32.4. The van der Waals surface area contributed by atoms with Gasteiger partial charge in [0.2, 0.25) is 11.7 Å². The van der Waals surface area contributed by atoms with E-state index in [1.807, 2.05) is 24.3 Å². The van der Waals surface area contributed by atoms with Gasteiger partial charge >= 0.3 is 0 Å². The molecule has 6 heteroatoms. The average Bonchev–Trinajstić information content (AvgIpc) is 2.75. The molecular weight excluding hydrogens is 294 g/mol. The monoisotopic (exact) mass is 313 g/mol. The Morgan fingerprint density at radius 1 is 1.09 bits per heavy atom. The highest BCUT2D eigenvalue weighted by molar-refractivity contribution is 6.08. The molecule has 0 unspecified atom stereocenters. The van der Waals surface area contributed by atoms with Gasteiger partial charge in [0.05, 0.1) is 17.1 Å². The first kappa shape index (κ1) is 15.3.